The maximum atomic E-state index is 8.49. The summed E-state index contributed by atoms with van der Waals surface area (Å²) < 4.78 is 37.6. The summed E-state index contributed by atoms with van der Waals surface area (Å²) in [6, 6.07) is 27.7. The van der Waals surface area contributed by atoms with Gasteiger partial charge in [-0.1, -0.05) is 53.8 Å². The molecule has 6 nitrogen and oxygen atoms in total. The van der Waals surface area contributed by atoms with Crippen molar-refractivity contribution in [3.8, 4) is 5.69 Å². The topological polar surface area (TPSA) is 99.4 Å². The Hall–Kier alpha value is -2.78. The average Bonchev–Trinajstić information content (AvgIpc) is 3.10. The van der Waals surface area contributed by atoms with Gasteiger partial charge in [0.05, 0.1) is 0 Å². The number of hydrogen-bond donors (Lipinski definition) is 0. The van der Waals surface area contributed by atoms with Crippen LogP contribution in [0.5, 0.6) is 0 Å². The second-order valence-electron chi connectivity index (χ2n) is 6.78. The maximum Gasteiger partial charge on any atom is 0.268 e. The third-order valence-electron chi connectivity index (χ3n) is 4.38. The predicted molar refractivity (Wildman–Crippen MR) is 113 cm³/mol. The van der Waals surface area contributed by atoms with Gasteiger partial charge in [0.1, 0.15) is 4.70 Å². The van der Waals surface area contributed by atoms with Crippen LogP contribution in [0.25, 0.3) is 28.1 Å². The van der Waals surface area contributed by atoms with Crippen LogP contribution in [0.4, 0.5) is 5.69 Å². The molecule has 0 fully saturated rings. The molecule has 0 atom stereocenters. The number of benzene rings is 3. The number of aromatic nitrogens is 1. The van der Waals surface area contributed by atoms with E-state index in [1.807, 2.05) is 11.3 Å². The van der Waals surface area contributed by atoms with Crippen molar-refractivity contribution in [3.05, 3.63) is 89.4 Å². The number of anilines is 1. The second kappa shape index (κ2) is 10.0. The molecule has 0 aliphatic carbocycles. The summed E-state index contributed by atoms with van der Waals surface area (Å²) in [7, 11) is -0.824. The van der Waals surface area contributed by atoms with Crippen LogP contribution in [0.2, 0.25) is 0 Å². The summed E-state index contributed by atoms with van der Waals surface area (Å²) >= 11 is 1.81. The molecule has 0 bridgehead atoms. The van der Waals surface area contributed by atoms with Gasteiger partial charge in [0.15, 0.2) is 0 Å². The number of fused-ring (bicyclic) bond motifs is 1. The Balaban J connectivity index is 0.000000491. The molecule has 0 aliphatic heterocycles. The summed E-state index contributed by atoms with van der Waals surface area (Å²) in [6.45, 7) is 0. The Bertz CT molecular complexity index is 1150. The minimum Gasteiger partial charge on any atom is -0.378 e. The Morgan fingerprint density at radius 2 is 1.35 bits per heavy atom. The first-order valence-electron chi connectivity index (χ1n) is 9.28. The fraction of sp³-hybridized carbons (Fsp3) is 0.0870. The number of thiazole rings is 1. The molecule has 0 spiro atoms. The summed E-state index contributed by atoms with van der Waals surface area (Å²) in [4.78, 5) is 2.11. The highest BCUT2D eigenvalue weighted by atomic mass is 35.7. The number of nitrogens with zero attached hydrogens (tertiary/aromatic N) is 2. The van der Waals surface area contributed by atoms with Gasteiger partial charge in [0.2, 0.25) is 11.2 Å². The molecule has 0 saturated carbocycles. The van der Waals surface area contributed by atoms with Gasteiger partial charge in [-0.2, -0.15) is 0 Å². The van der Waals surface area contributed by atoms with Crippen molar-refractivity contribution in [2.24, 2.45) is 0 Å². The molecule has 0 amide bonds. The Morgan fingerprint density at radius 3 is 1.97 bits per heavy atom. The molecule has 31 heavy (non-hydrogen) atoms. The minimum atomic E-state index is -4.94. The molecular formula is C23H21ClN2O4S. The molecule has 0 radical (unpaired) electrons. The molecule has 8 heteroatoms. The van der Waals surface area contributed by atoms with Crippen LogP contribution in [0.15, 0.2) is 78.9 Å². The normalized spacial score (nSPS) is 11.4. The quantitative estimate of drug-likeness (QED) is 0.420. The summed E-state index contributed by atoms with van der Waals surface area (Å²) in [5.41, 5.74) is 4.84. The summed E-state index contributed by atoms with van der Waals surface area (Å²) in [5, 5.41) is 1.22. The van der Waals surface area contributed by atoms with Gasteiger partial charge in [0, 0.05) is 44.1 Å². The van der Waals surface area contributed by atoms with Gasteiger partial charge in [-0.05, 0) is 29.8 Å². The van der Waals surface area contributed by atoms with E-state index in [1.165, 1.54) is 32.2 Å². The number of hydrogen-bond acceptors (Lipinski definition) is 6. The van der Waals surface area contributed by atoms with E-state index in [1.54, 1.807) is 0 Å². The van der Waals surface area contributed by atoms with Gasteiger partial charge in [-0.15, -0.1) is 14.8 Å². The summed E-state index contributed by atoms with van der Waals surface area (Å²) in [6.07, 6.45) is 4.39. The monoisotopic (exact) mass is 456 g/mol. The molecule has 4 aromatic rings. The highest BCUT2D eigenvalue weighted by Gasteiger charge is 2.20. The second-order valence-corrected chi connectivity index (χ2v) is 8.59. The Kier molecular flexibility index (Phi) is 7.40. The van der Waals surface area contributed by atoms with E-state index in [0.29, 0.717) is 0 Å². The van der Waals surface area contributed by atoms with Crippen LogP contribution in [0.3, 0.4) is 0 Å². The molecule has 0 N–H and O–H groups in total. The van der Waals surface area contributed by atoms with Crippen molar-refractivity contribution >= 4 is 39.4 Å². The van der Waals surface area contributed by atoms with Crippen molar-refractivity contribution in [2.75, 3.05) is 19.0 Å². The lowest BCUT2D eigenvalue weighted by atomic mass is 10.2. The van der Waals surface area contributed by atoms with Crippen molar-refractivity contribution < 1.29 is 33.4 Å². The minimum absolute atomic E-state index is 1.19. The zero-order valence-electron chi connectivity index (χ0n) is 17.0. The van der Waals surface area contributed by atoms with Crippen LogP contribution in [-0.2, 0) is 0 Å². The first-order chi connectivity index (χ1) is 14.7. The fourth-order valence-electron chi connectivity index (χ4n) is 3.01. The van der Waals surface area contributed by atoms with Crippen LogP contribution in [0.1, 0.15) is 10.6 Å². The number of rotatable bonds is 4. The van der Waals surface area contributed by atoms with E-state index in [2.05, 4.69) is 115 Å². The van der Waals surface area contributed by atoms with E-state index in [9.17, 15) is 0 Å². The van der Waals surface area contributed by atoms with E-state index < -0.39 is 10.2 Å². The first kappa shape index (κ1) is 22.9. The largest absolute Gasteiger partial charge is 0.378 e. The van der Waals surface area contributed by atoms with Crippen LogP contribution >= 0.6 is 11.3 Å². The molecule has 0 saturated heterocycles. The van der Waals surface area contributed by atoms with Gasteiger partial charge in [-0.25, -0.2) is 18.6 Å². The number of halogens is 1. The van der Waals surface area contributed by atoms with E-state index in [0.717, 1.165) is 0 Å². The van der Waals surface area contributed by atoms with Crippen molar-refractivity contribution in [2.45, 2.75) is 0 Å². The number of para-hydroxylation sites is 2. The predicted octanol–water partition coefficient (Wildman–Crippen LogP) is 0.658. The van der Waals surface area contributed by atoms with Crippen molar-refractivity contribution in [1.82, 2.24) is 0 Å². The summed E-state index contributed by atoms with van der Waals surface area (Å²) in [5.74, 6) is 0. The van der Waals surface area contributed by atoms with Gasteiger partial charge < -0.3 is 4.90 Å². The van der Waals surface area contributed by atoms with Gasteiger partial charge in [0.25, 0.3) is 5.01 Å². The lowest BCUT2D eigenvalue weighted by Gasteiger charge is -2.17. The highest BCUT2D eigenvalue weighted by molar-refractivity contribution is 7.18. The van der Waals surface area contributed by atoms with Gasteiger partial charge >= 0.3 is 0 Å². The van der Waals surface area contributed by atoms with E-state index in [4.69, 9.17) is 18.6 Å². The zero-order chi connectivity index (χ0) is 22.4. The Morgan fingerprint density at radius 1 is 0.774 bits per heavy atom. The third-order valence-corrected chi connectivity index (χ3v) is 5.48. The molecule has 160 valence electrons. The lowest BCUT2D eigenvalue weighted by Crippen LogP contribution is -2.68. The van der Waals surface area contributed by atoms with Crippen LogP contribution < -0.4 is 28.1 Å². The zero-order valence-corrected chi connectivity index (χ0v) is 18.5. The lowest BCUT2D eigenvalue weighted by molar-refractivity contribution is -2.00. The van der Waals surface area contributed by atoms with E-state index >= 15 is 0 Å². The smallest absolute Gasteiger partial charge is 0.268 e. The maximum absolute atomic E-state index is 8.49. The van der Waals surface area contributed by atoms with Crippen molar-refractivity contribution in [3.63, 3.8) is 0 Å². The van der Waals surface area contributed by atoms with E-state index in [-0.39, 0.29) is 0 Å². The molecule has 1 heterocycles. The molecular weight excluding hydrogens is 436 g/mol. The van der Waals surface area contributed by atoms with Crippen LogP contribution in [0, 0.1) is 10.2 Å². The highest BCUT2D eigenvalue weighted by Crippen LogP contribution is 2.24. The first-order valence-corrected chi connectivity index (χ1v) is 11.3. The van der Waals surface area contributed by atoms with Crippen LogP contribution in [-0.4, -0.2) is 14.1 Å². The molecule has 3 aromatic carbocycles. The molecule has 1 aromatic heterocycles. The fourth-order valence-corrected chi connectivity index (χ4v) is 4.08. The average molecular weight is 457 g/mol. The standard InChI is InChI=1S/C23H21N2S.ClHO4/c1-24(2)19-15-12-18(13-16-19)14-17-23-25(20-8-4-3-5-9-20)21-10-6-7-11-22(21)26-23;2-1(3,4)5/h3-17H,1-2H3;(H,2,3,4,5)/q+1;/p-1. The molecule has 4 rings (SSSR count). The third kappa shape index (κ3) is 6.60. The Labute approximate surface area is 186 Å². The van der Waals surface area contributed by atoms with Gasteiger partial charge in [-0.3, -0.25) is 0 Å². The molecule has 0 aliphatic rings. The van der Waals surface area contributed by atoms with Crippen molar-refractivity contribution in [1.29, 1.82) is 0 Å². The molecule has 0 unspecified atom stereocenters. The SMILES string of the molecule is CN(C)c1ccc(C=Cc2sc3ccccc3[n+]2-c2ccccc2)cc1.[O-][Cl+3]([O-])([O-])[O-].